The molecule has 0 aliphatic carbocycles. The Morgan fingerprint density at radius 3 is 1.78 bits per heavy atom. The number of para-hydroxylation sites is 1. The number of hydrogen-bond donors (Lipinski definition) is 0. The second-order valence-corrected chi connectivity index (χ2v) is 11.2. The Morgan fingerprint density at radius 2 is 0.956 bits per heavy atom. The average Bonchev–Trinajstić information content (AvgIpc) is 3.50. The summed E-state index contributed by atoms with van der Waals surface area (Å²) < 4.78 is 6.47. The van der Waals surface area contributed by atoms with Crippen molar-refractivity contribution >= 4 is 43.5 Å². The highest BCUT2D eigenvalue weighted by Crippen LogP contribution is 2.39. The number of aromatic nitrogens is 3. The summed E-state index contributed by atoms with van der Waals surface area (Å²) in [5, 5.41) is 6.69. The van der Waals surface area contributed by atoms with Gasteiger partial charge in [0.1, 0.15) is 11.2 Å². The van der Waals surface area contributed by atoms with Gasteiger partial charge in [-0.15, -0.1) is 0 Å². The molecule has 2 heterocycles. The quantitative estimate of drug-likeness (QED) is 0.209. The Balaban J connectivity index is 1.24. The van der Waals surface area contributed by atoms with E-state index in [2.05, 4.69) is 103 Å². The fraction of sp³-hybridized carbons (Fsp3) is 0. The molecule has 0 amide bonds. The van der Waals surface area contributed by atoms with Crippen molar-refractivity contribution in [3.63, 3.8) is 0 Å². The third kappa shape index (κ3) is 4.27. The predicted octanol–water partition coefficient (Wildman–Crippen LogP) is 10.7. The first kappa shape index (κ1) is 25.4. The van der Waals surface area contributed by atoms with Crippen molar-refractivity contribution in [3.05, 3.63) is 152 Å². The van der Waals surface area contributed by atoms with E-state index in [9.17, 15) is 0 Å². The van der Waals surface area contributed by atoms with Crippen LogP contribution < -0.4 is 0 Å². The molecule has 9 rings (SSSR count). The maximum Gasteiger partial charge on any atom is 0.164 e. The molecule has 0 N–H and O–H groups in total. The van der Waals surface area contributed by atoms with E-state index in [1.807, 2.05) is 48.5 Å². The van der Waals surface area contributed by atoms with Crippen molar-refractivity contribution in [2.75, 3.05) is 0 Å². The molecular weight excluding hydrogens is 550 g/mol. The number of nitrogens with zero attached hydrogens (tertiary/aromatic N) is 3. The summed E-state index contributed by atoms with van der Waals surface area (Å²) >= 11 is 0. The van der Waals surface area contributed by atoms with Gasteiger partial charge in [-0.05, 0) is 39.4 Å². The van der Waals surface area contributed by atoms with E-state index in [0.29, 0.717) is 17.5 Å². The van der Waals surface area contributed by atoms with Gasteiger partial charge in [0, 0.05) is 32.8 Å². The van der Waals surface area contributed by atoms with Crippen LogP contribution >= 0.6 is 0 Å². The van der Waals surface area contributed by atoms with Crippen LogP contribution in [-0.4, -0.2) is 15.0 Å². The molecule has 9 aromatic rings. The molecule has 210 valence electrons. The van der Waals surface area contributed by atoms with E-state index < -0.39 is 0 Å². The number of benzene rings is 7. The zero-order valence-electron chi connectivity index (χ0n) is 24.2. The van der Waals surface area contributed by atoms with Crippen LogP contribution in [0.2, 0.25) is 0 Å². The van der Waals surface area contributed by atoms with Gasteiger partial charge in [-0.2, -0.15) is 0 Å². The molecule has 0 fully saturated rings. The lowest BCUT2D eigenvalue weighted by molar-refractivity contribution is 0.672. The summed E-state index contributed by atoms with van der Waals surface area (Å²) in [5.41, 5.74) is 6.82. The summed E-state index contributed by atoms with van der Waals surface area (Å²) in [4.78, 5) is 15.1. The molecular formula is C41H25N3O. The Kier molecular flexibility index (Phi) is 5.78. The summed E-state index contributed by atoms with van der Waals surface area (Å²) in [5.74, 6) is 1.86. The molecule has 0 atom stereocenters. The van der Waals surface area contributed by atoms with E-state index in [1.54, 1.807) is 0 Å². The summed E-state index contributed by atoms with van der Waals surface area (Å²) in [6, 6.07) is 52.2. The largest absolute Gasteiger partial charge is 0.455 e. The Morgan fingerprint density at radius 1 is 0.356 bits per heavy atom. The molecule has 7 aromatic carbocycles. The van der Waals surface area contributed by atoms with E-state index in [4.69, 9.17) is 19.4 Å². The second kappa shape index (κ2) is 10.2. The first-order valence-electron chi connectivity index (χ1n) is 15.0. The van der Waals surface area contributed by atoms with Gasteiger partial charge in [0.25, 0.3) is 0 Å². The fourth-order valence-electron chi connectivity index (χ4n) is 6.36. The Labute approximate surface area is 259 Å². The van der Waals surface area contributed by atoms with Gasteiger partial charge in [-0.3, -0.25) is 0 Å². The van der Waals surface area contributed by atoms with Gasteiger partial charge in [-0.1, -0.05) is 140 Å². The molecule has 4 heteroatoms. The first-order chi connectivity index (χ1) is 22.3. The first-order valence-corrected chi connectivity index (χ1v) is 15.0. The maximum absolute atomic E-state index is 6.47. The molecule has 0 bridgehead atoms. The highest BCUT2D eigenvalue weighted by molar-refractivity contribution is 6.18. The second-order valence-electron chi connectivity index (χ2n) is 11.2. The third-order valence-electron chi connectivity index (χ3n) is 8.54. The monoisotopic (exact) mass is 575 g/mol. The number of furan rings is 1. The smallest absolute Gasteiger partial charge is 0.164 e. The van der Waals surface area contributed by atoms with Crippen LogP contribution in [-0.2, 0) is 0 Å². The van der Waals surface area contributed by atoms with Gasteiger partial charge in [0.15, 0.2) is 17.5 Å². The van der Waals surface area contributed by atoms with Crippen molar-refractivity contribution in [1.29, 1.82) is 0 Å². The maximum atomic E-state index is 6.47. The van der Waals surface area contributed by atoms with Crippen molar-refractivity contribution in [3.8, 4) is 45.3 Å². The lowest BCUT2D eigenvalue weighted by Crippen LogP contribution is -2.00. The SMILES string of the molecule is c1ccc(-c2nc(-c3ccc(-c4cccc5ccccc45)cc3)nc(-c3cccc4ccc5c6ccccc6oc5c34)n2)cc1. The molecule has 0 aliphatic heterocycles. The summed E-state index contributed by atoms with van der Waals surface area (Å²) in [7, 11) is 0. The van der Waals surface area contributed by atoms with Crippen molar-refractivity contribution < 1.29 is 4.42 Å². The topological polar surface area (TPSA) is 51.8 Å². The highest BCUT2D eigenvalue weighted by Gasteiger charge is 2.18. The Hall–Kier alpha value is -6.13. The van der Waals surface area contributed by atoms with Crippen molar-refractivity contribution in [2.45, 2.75) is 0 Å². The molecule has 0 spiro atoms. The van der Waals surface area contributed by atoms with Crippen LogP contribution in [0.3, 0.4) is 0 Å². The Bertz CT molecular complexity index is 2530. The van der Waals surface area contributed by atoms with Gasteiger partial charge < -0.3 is 4.42 Å². The van der Waals surface area contributed by atoms with Crippen LogP contribution in [0.5, 0.6) is 0 Å². The van der Waals surface area contributed by atoms with Crippen LogP contribution in [0, 0.1) is 0 Å². The van der Waals surface area contributed by atoms with Crippen molar-refractivity contribution in [1.82, 2.24) is 15.0 Å². The van der Waals surface area contributed by atoms with Crippen molar-refractivity contribution in [2.24, 2.45) is 0 Å². The molecule has 0 unspecified atom stereocenters. The predicted molar refractivity (Wildman–Crippen MR) is 184 cm³/mol. The van der Waals surface area contributed by atoms with Gasteiger partial charge in [0.05, 0.1) is 0 Å². The van der Waals surface area contributed by atoms with Crippen LogP contribution in [0.1, 0.15) is 0 Å². The molecule has 0 radical (unpaired) electrons. The molecule has 0 saturated carbocycles. The molecule has 45 heavy (non-hydrogen) atoms. The standard InChI is InChI=1S/C41H25N3O/c1-2-11-29(12-3-1)39-42-40(30-22-20-27(21-23-30)32-17-8-13-26-10-4-5-15-31(26)32)44-41(43-39)35-18-9-14-28-24-25-34-33-16-6-7-19-36(33)45-38(34)37(28)35/h1-25H. The highest BCUT2D eigenvalue weighted by atomic mass is 16.3. The number of fused-ring (bicyclic) bond motifs is 6. The zero-order valence-corrected chi connectivity index (χ0v) is 24.2. The van der Waals surface area contributed by atoms with E-state index in [1.165, 1.54) is 16.3 Å². The van der Waals surface area contributed by atoms with Crippen LogP contribution in [0.25, 0.3) is 88.8 Å². The number of hydrogen-bond acceptors (Lipinski definition) is 4. The number of rotatable bonds is 4. The van der Waals surface area contributed by atoms with Crippen LogP contribution in [0.15, 0.2) is 156 Å². The van der Waals surface area contributed by atoms with Gasteiger partial charge in [0.2, 0.25) is 0 Å². The van der Waals surface area contributed by atoms with E-state index in [-0.39, 0.29) is 0 Å². The zero-order chi connectivity index (χ0) is 29.7. The minimum Gasteiger partial charge on any atom is -0.455 e. The molecule has 0 saturated heterocycles. The summed E-state index contributed by atoms with van der Waals surface area (Å²) in [6.07, 6.45) is 0. The lowest BCUT2D eigenvalue weighted by atomic mass is 9.97. The summed E-state index contributed by atoms with van der Waals surface area (Å²) in [6.45, 7) is 0. The minimum atomic E-state index is 0.607. The molecule has 0 aliphatic rings. The fourth-order valence-corrected chi connectivity index (χ4v) is 6.36. The average molecular weight is 576 g/mol. The van der Waals surface area contributed by atoms with Crippen LogP contribution in [0.4, 0.5) is 0 Å². The van der Waals surface area contributed by atoms with Gasteiger partial charge >= 0.3 is 0 Å². The normalized spacial score (nSPS) is 11.6. The third-order valence-corrected chi connectivity index (χ3v) is 8.54. The molecule has 2 aromatic heterocycles. The lowest BCUT2D eigenvalue weighted by Gasteiger charge is -2.11. The molecule has 4 nitrogen and oxygen atoms in total. The van der Waals surface area contributed by atoms with E-state index in [0.717, 1.165) is 55.0 Å². The van der Waals surface area contributed by atoms with Gasteiger partial charge in [-0.25, -0.2) is 15.0 Å². The minimum absolute atomic E-state index is 0.607. The van der Waals surface area contributed by atoms with E-state index >= 15 is 0 Å².